The van der Waals surface area contributed by atoms with Crippen molar-refractivity contribution in [3.63, 3.8) is 0 Å². The van der Waals surface area contributed by atoms with E-state index in [1.807, 2.05) is 40.9 Å². The normalized spacial score (nSPS) is 11.1. The van der Waals surface area contributed by atoms with Crippen LogP contribution in [0.5, 0.6) is 5.75 Å². The third-order valence-corrected chi connectivity index (χ3v) is 4.71. The van der Waals surface area contributed by atoms with Crippen molar-refractivity contribution in [1.82, 2.24) is 24.6 Å². The van der Waals surface area contributed by atoms with Crippen molar-refractivity contribution in [2.75, 3.05) is 7.11 Å². The molecular formula is C18H17N5OS. The van der Waals surface area contributed by atoms with Crippen molar-refractivity contribution in [3.8, 4) is 17.1 Å². The second-order valence-electron chi connectivity index (χ2n) is 5.69. The molecule has 6 nitrogen and oxygen atoms in total. The summed E-state index contributed by atoms with van der Waals surface area (Å²) in [6, 6.07) is 11.8. The lowest BCUT2D eigenvalue weighted by atomic mass is 10.2. The standard InChI is InChI=1S/C18H17N5OS/c1-12-3-8-16-19-14(10-23(16)9-12)11-25-18-20-17(21-22-18)13-4-6-15(24-2)7-5-13/h3-10H,11H2,1-2H3,(H,20,21,22). The van der Waals surface area contributed by atoms with Gasteiger partial charge in [0.1, 0.15) is 11.4 Å². The number of methoxy groups -OCH3 is 1. The van der Waals surface area contributed by atoms with Gasteiger partial charge in [0.05, 0.1) is 12.8 Å². The van der Waals surface area contributed by atoms with Crippen molar-refractivity contribution in [3.05, 3.63) is 60.0 Å². The highest BCUT2D eigenvalue weighted by Gasteiger charge is 2.08. The zero-order chi connectivity index (χ0) is 17.2. The number of thioether (sulfide) groups is 1. The second-order valence-corrected chi connectivity index (χ2v) is 6.63. The van der Waals surface area contributed by atoms with Gasteiger partial charge in [-0.05, 0) is 42.8 Å². The van der Waals surface area contributed by atoms with Crippen LogP contribution in [0.15, 0.2) is 53.9 Å². The lowest BCUT2D eigenvalue weighted by Gasteiger charge is -1.99. The lowest BCUT2D eigenvalue weighted by Crippen LogP contribution is -1.84. The Labute approximate surface area is 149 Å². The molecule has 0 atom stereocenters. The highest BCUT2D eigenvalue weighted by Crippen LogP contribution is 2.23. The summed E-state index contributed by atoms with van der Waals surface area (Å²) in [5.74, 6) is 2.29. The topological polar surface area (TPSA) is 68.1 Å². The van der Waals surface area contributed by atoms with Crippen LogP contribution >= 0.6 is 11.8 Å². The van der Waals surface area contributed by atoms with Gasteiger partial charge in [-0.3, -0.25) is 5.10 Å². The highest BCUT2D eigenvalue weighted by atomic mass is 32.2. The first-order valence-corrected chi connectivity index (χ1v) is 8.84. The molecule has 0 unspecified atom stereocenters. The predicted octanol–water partition coefficient (Wildman–Crippen LogP) is 3.73. The smallest absolute Gasteiger partial charge is 0.209 e. The van der Waals surface area contributed by atoms with Gasteiger partial charge < -0.3 is 9.14 Å². The number of hydrogen-bond donors (Lipinski definition) is 1. The number of benzene rings is 1. The van der Waals surface area contributed by atoms with Gasteiger partial charge in [0.2, 0.25) is 5.16 Å². The molecule has 7 heteroatoms. The van der Waals surface area contributed by atoms with Gasteiger partial charge in [0, 0.05) is 23.7 Å². The lowest BCUT2D eigenvalue weighted by molar-refractivity contribution is 0.415. The van der Waals surface area contributed by atoms with Crippen LogP contribution in [0.4, 0.5) is 0 Å². The minimum Gasteiger partial charge on any atom is -0.497 e. The van der Waals surface area contributed by atoms with Gasteiger partial charge in [-0.25, -0.2) is 9.97 Å². The number of aromatic nitrogens is 5. The van der Waals surface area contributed by atoms with Gasteiger partial charge >= 0.3 is 0 Å². The van der Waals surface area contributed by atoms with Crippen LogP contribution < -0.4 is 4.74 Å². The average molecular weight is 351 g/mol. The number of pyridine rings is 1. The van der Waals surface area contributed by atoms with E-state index in [4.69, 9.17) is 4.74 Å². The first-order valence-electron chi connectivity index (χ1n) is 7.85. The molecule has 0 aliphatic heterocycles. The maximum atomic E-state index is 5.17. The highest BCUT2D eigenvalue weighted by molar-refractivity contribution is 7.98. The third-order valence-electron chi connectivity index (χ3n) is 3.83. The molecule has 0 bridgehead atoms. The van der Waals surface area contributed by atoms with Crippen LogP contribution in [-0.2, 0) is 5.75 Å². The Morgan fingerprint density at radius 3 is 2.72 bits per heavy atom. The molecule has 0 saturated heterocycles. The van der Waals surface area contributed by atoms with Crippen LogP contribution in [0.25, 0.3) is 17.0 Å². The monoisotopic (exact) mass is 351 g/mol. The molecule has 0 radical (unpaired) electrons. The summed E-state index contributed by atoms with van der Waals surface area (Å²) < 4.78 is 7.22. The molecule has 4 aromatic rings. The Morgan fingerprint density at radius 1 is 1.08 bits per heavy atom. The Bertz CT molecular complexity index is 1010. The number of nitrogens with one attached hydrogen (secondary N) is 1. The number of ether oxygens (including phenoxy) is 1. The van der Waals surface area contributed by atoms with Gasteiger partial charge in [-0.2, -0.15) is 0 Å². The minimum absolute atomic E-state index is 0.707. The molecule has 0 aliphatic carbocycles. The number of aryl methyl sites for hydroxylation is 1. The molecule has 1 N–H and O–H groups in total. The summed E-state index contributed by atoms with van der Waals surface area (Å²) >= 11 is 1.56. The van der Waals surface area contributed by atoms with Gasteiger partial charge in [-0.1, -0.05) is 17.8 Å². The van der Waals surface area contributed by atoms with E-state index in [9.17, 15) is 0 Å². The third kappa shape index (κ3) is 3.36. The number of imidazole rings is 1. The first-order chi connectivity index (χ1) is 12.2. The first kappa shape index (κ1) is 15.7. The fourth-order valence-electron chi connectivity index (χ4n) is 2.55. The van der Waals surface area contributed by atoms with Crippen LogP contribution in [-0.4, -0.2) is 31.7 Å². The molecule has 0 aliphatic rings. The molecule has 25 heavy (non-hydrogen) atoms. The molecule has 3 heterocycles. The summed E-state index contributed by atoms with van der Waals surface area (Å²) in [6.07, 6.45) is 4.12. The summed E-state index contributed by atoms with van der Waals surface area (Å²) in [5.41, 5.74) is 4.15. The molecule has 1 aromatic carbocycles. The zero-order valence-electron chi connectivity index (χ0n) is 13.9. The van der Waals surface area contributed by atoms with Gasteiger partial charge in [0.25, 0.3) is 0 Å². The van der Waals surface area contributed by atoms with E-state index in [-0.39, 0.29) is 0 Å². The van der Waals surface area contributed by atoms with Crippen LogP contribution in [0.2, 0.25) is 0 Å². The summed E-state index contributed by atoms with van der Waals surface area (Å²) in [5, 5.41) is 7.97. The molecular weight excluding hydrogens is 334 g/mol. The van der Waals surface area contributed by atoms with Crippen molar-refractivity contribution >= 4 is 17.4 Å². The molecule has 4 rings (SSSR count). The van der Waals surface area contributed by atoms with Crippen molar-refractivity contribution < 1.29 is 4.74 Å². The molecule has 0 fully saturated rings. The number of rotatable bonds is 5. The van der Waals surface area contributed by atoms with E-state index in [2.05, 4.69) is 39.4 Å². The van der Waals surface area contributed by atoms with Crippen LogP contribution in [0, 0.1) is 6.92 Å². The number of H-pyrrole nitrogens is 1. The Morgan fingerprint density at radius 2 is 1.92 bits per heavy atom. The van der Waals surface area contributed by atoms with E-state index in [0.29, 0.717) is 5.16 Å². The minimum atomic E-state index is 0.707. The van der Waals surface area contributed by atoms with E-state index in [0.717, 1.165) is 34.2 Å². The Balaban J connectivity index is 1.46. The van der Waals surface area contributed by atoms with Crippen LogP contribution in [0.1, 0.15) is 11.3 Å². The largest absolute Gasteiger partial charge is 0.497 e. The Kier molecular flexibility index (Phi) is 4.15. The number of fused-ring (bicyclic) bond motifs is 1. The van der Waals surface area contributed by atoms with Crippen molar-refractivity contribution in [2.24, 2.45) is 0 Å². The molecule has 126 valence electrons. The zero-order valence-corrected chi connectivity index (χ0v) is 14.7. The van der Waals surface area contributed by atoms with Crippen molar-refractivity contribution in [2.45, 2.75) is 17.8 Å². The van der Waals surface area contributed by atoms with E-state index in [1.54, 1.807) is 18.9 Å². The average Bonchev–Trinajstić information content (AvgIpc) is 3.26. The van der Waals surface area contributed by atoms with Gasteiger partial charge in [-0.15, -0.1) is 5.10 Å². The summed E-state index contributed by atoms with van der Waals surface area (Å²) in [7, 11) is 1.65. The molecule has 0 amide bonds. The van der Waals surface area contributed by atoms with Crippen LogP contribution in [0.3, 0.4) is 0 Å². The Hall–Kier alpha value is -2.80. The summed E-state index contributed by atoms with van der Waals surface area (Å²) in [4.78, 5) is 9.16. The molecule has 3 aromatic heterocycles. The SMILES string of the molecule is COc1ccc(-c2nc(SCc3cn4cc(C)ccc4n3)n[nH]2)cc1. The maximum absolute atomic E-state index is 5.17. The van der Waals surface area contributed by atoms with E-state index >= 15 is 0 Å². The maximum Gasteiger partial charge on any atom is 0.209 e. The second kappa shape index (κ2) is 6.60. The number of aromatic amines is 1. The fraction of sp³-hybridized carbons (Fsp3) is 0.167. The van der Waals surface area contributed by atoms with Gasteiger partial charge in [0.15, 0.2) is 5.82 Å². The number of nitrogens with zero attached hydrogens (tertiary/aromatic N) is 4. The molecule has 0 spiro atoms. The summed E-state index contributed by atoms with van der Waals surface area (Å²) in [6.45, 7) is 2.07. The van der Waals surface area contributed by atoms with E-state index < -0.39 is 0 Å². The number of hydrogen-bond acceptors (Lipinski definition) is 5. The predicted molar refractivity (Wildman–Crippen MR) is 97.9 cm³/mol. The molecule has 0 saturated carbocycles. The van der Waals surface area contributed by atoms with Crippen molar-refractivity contribution in [1.29, 1.82) is 0 Å². The van der Waals surface area contributed by atoms with E-state index in [1.165, 1.54) is 5.56 Å². The fourth-order valence-corrected chi connectivity index (χ4v) is 3.23. The quantitative estimate of drug-likeness (QED) is 0.555.